The number of piperazine rings is 1. The molecular weight excluding hydrogens is 476 g/mol. The van der Waals surface area contributed by atoms with Crippen LogP contribution in [-0.2, 0) is 15.7 Å². The van der Waals surface area contributed by atoms with Gasteiger partial charge in [-0.15, -0.1) is 5.10 Å². The van der Waals surface area contributed by atoms with E-state index in [0.717, 1.165) is 29.8 Å². The van der Waals surface area contributed by atoms with E-state index in [1.54, 1.807) is 42.7 Å². The number of anilines is 1. The molecule has 0 unspecified atom stereocenters. The molecule has 0 saturated carbocycles. The molecule has 0 N–H and O–H groups in total. The van der Waals surface area contributed by atoms with Gasteiger partial charge in [0.25, 0.3) is 0 Å². The predicted molar refractivity (Wildman–Crippen MR) is 135 cm³/mol. The number of sulfone groups is 1. The number of benzene rings is 2. The fraction of sp³-hybridized carbons (Fsp3) is 0.320. The van der Waals surface area contributed by atoms with E-state index in [0.29, 0.717) is 24.9 Å². The first kappa shape index (κ1) is 24.0. The average Bonchev–Trinajstić information content (AvgIpc) is 3.33. The summed E-state index contributed by atoms with van der Waals surface area (Å²) in [6, 6.07) is 16.5. The van der Waals surface area contributed by atoms with E-state index in [9.17, 15) is 8.42 Å². The van der Waals surface area contributed by atoms with E-state index in [-0.39, 0.29) is 16.8 Å². The summed E-state index contributed by atoms with van der Waals surface area (Å²) < 4.78 is 27.8. The molecule has 1 aliphatic heterocycles. The van der Waals surface area contributed by atoms with Gasteiger partial charge in [-0.25, -0.2) is 23.1 Å². The van der Waals surface area contributed by atoms with Crippen LogP contribution < -0.4 is 4.90 Å². The van der Waals surface area contributed by atoms with Gasteiger partial charge in [0.2, 0.25) is 5.95 Å². The third kappa shape index (κ3) is 5.12. The summed E-state index contributed by atoms with van der Waals surface area (Å²) in [4.78, 5) is 13.4. The lowest BCUT2D eigenvalue weighted by molar-refractivity contribution is 0.201. The molecule has 0 spiro atoms. The highest BCUT2D eigenvalue weighted by Gasteiger charge is 2.32. The molecule has 3 heterocycles. The van der Waals surface area contributed by atoms with Gasteiger partial charge >= 0.3 is 0 Å². The Morgan fingerprint density at radius 2 is 1.47 bits per heavy atom. The Hall–Kier alpha value is -3.70. The van der Waals surface area contributed by atoms with Crippen LogP contribution in [0.5, 0.6) is 0 Å². The van der Waals surface area contributed by atoms with E-state index in [2.05, 4.69) is 47.4 Å². The SMILES string of the molecule is Cc1ccc([C@@H](c2nnnn2CS(=O)(=O)c2ccc(C)cc2)N2CCN(c3ncccn3)CC2)cc1. The summed E-state index contributed by atoms with van der Waals surface area (Å²) in [5.74, 6) is 0.871. The zero-order chi connectivity index (χ0) is 25.1. The van der Waals surface area contributed by atoms with Gasteiger partial charge < -0.3 is 4.90 Å². The highest BCUT2D eigenvalue weighted by molar-refractivity contribution is 7.90. The maximum atomic E-state index is 13.2. The molecule has 36 heavy (non-hydrogen) atoms. The molecule has 1 atom stereocenters. The second-order valence-corrected chi connectivity index (χ2v) is 10.9. The first-order valence-electron chi connectivity index (χ1n) is 11.8. The topological polar surface area (TPSA) is 110 Å². The maximum absolute atomic E-state index is 13.2. The number of aryl methyl sites for hydroxylation is 2. The Morgan fingerprint density at radius 3 is 2.11 bits per heavy atom. The zero-order valence-corrected chi connectivity index (χ0v) is 21.1. The molecule has 1 aliphatic rings. The third-order valence-corrected chi connectivity index (χ3v) is 7.96. The fourth-order valence-corrected chi connectivity index (χ4v) is 5.59. The van der Waals surface area contributed by atoms with Crippen LogP contribution in [0.1, 0.15) is 28.6 Å². The van der Waals surface area contributed by atoms with Crippen molar-refractivity contribution in [2.24, 2.45) is 0 Å². The van der Waals surface area contributed by atoms with Gasteiger partial charge in [0.15, 0.2) is 21.5 Å². The third-order valence-electron chi connectivity index (χ3n) is 6.38. The number of aromatic nitrogens is 6. The van der Waals surface area contributed by atoms with Crippen molar-refractivity contribution in [3.05, 3.63) is 89.5 Å². The molecule has 10 nitrogen and oxygen atoms in total. The molecule has 0 radical (unpaired) electrons. The van der Waals surface area contributed by atoms with Gasteiger partial charge in [-0.2, -0.15) is 0 Å². The zero-order valence-electron chi connectivity index (χ0n) is 20.3. The molecule has 4 aromatic rings. The summed E-state index contributed by atoms with van der Waals surface area (Å²) in [5.41, 5.74) is 3.15. The Kier molecular flexibility index (Phi) is 6.75. The lowest BCUT2D eigenvalue weighted by Gasteiger charge is -2.38. The van der Waals surface area contributed by atoms with Gasteiger partial charge in [-0.05, 0) is 48.0 Å². The second kappa shape index (κ2) is 10.1. The summed E-state index contributed by atoms with van der Waals surface area (Å²) >= 11 is 0. The van der Waals surface area contributed by atoms with Crippen molar-refractivity contribution in [3.8, 4) is 0 Å². The number of tetrazole rings is 1. The highest BCUT2D eigenvalue weighted by atomic mass is 32.2. The molecule has 11 heteroatoms. The molecule has 1 fully saturated rings. The quantitative estimate of drug-likeness (QED) is 0.375. The normalized spacial score (nSPS) is 15.7. The summed E-state index contributed by atoms with van der Waals surface area (Å²) in [6.07, 6.45) is 3.49. The first-order chi connectivity index (χ1) is 17.4. The van der Waals surface area contributed by atoms with Crippen molar-refractivity contribution >= 4 is 15.8 Å². The molecule has 2 aromatic heterocycles. The van der Waals surface area contributed by atoms with Gasteiger partial charge in [0, 0.05) is 38.6 Å². The van der Waals surface area contributed by atoms with Crippen molar-refractivity contribution in [1.29, 1.82) is 0 Å². The second-order valence-electron chi connectivity index (χ2n) is 8.98. The van der Waals surface area contributed by atoms with E-state index in [1.165, 1.54) is 4.68 Å². The molecule has 2 aromatic carbocycles. The van der Waals surface area contributed by atoms with Crippen LogP contribution >= 0.6 is 0 Å². The minimum absolute atomic E-state index is 0.248. The number of rotatable bonds is 7. The van der Waals surface area contributed by atoms with Crippen molar-refractivity contribution < 1.29 is 8.42 Å². The Balaban J connectivity index is 1.44. The Morgan fingerprint density at radius 1 is 0.861 bits per heavy atom. The van der Waals surface area contributed by atoms with Gasteiger partial charge in [-0.1, -0.05) is 47.5 Å². The van der Waals surface area contributed by atoms with Gasteiger partial charge in [0.1, 0.15) is 0 Å². The van der Waals surface area contributed by atoms with E-state index in [1.807, 2.05) is 26.0 Å². The molecule has 0 bridgehead atoms. The standard InChI is InChI=1S/C25H28N8O2S/c1-19-4-8-21(9-5-19)23(31-14-16-32(17-15-31)25-26-12-3-13-27-25)24-28-29-30-33(24)18-36(34,35)22-10-6-20(2)7-11-22/h3-13,23H,14-18H2,1-2H3/t23-/m0/s1. The minimum atomic E-state index is -3.64. The van der Waals surface area contributed by atoms with Crippen molar-refractivity contribution in [2.45, 2.75) is 30.7 Å². The number of nitrogens with zero attached hydrogens (tertiary/aromatic N) is 8. The van der Waals surface area contributed by atoms with E-state index < -0.39 is 9.84 Å². The monoisotopic (exact) mass is 504 g/mol. The lowest BCUT2D eigenvalue weighted by Crippen LogP contribution is -2.49. The Bertz CT molecular complexity index is 1400. The summed E-state index contributed by atoms with van der Waals surface area (Å²) in [7, 11) is -3.64. The first-order valence-corrected chi connectivity index (χ1v) is 13.4. The molecule has 0 aliphatic carbocycles. The average molecular weight is 505 g/mol. The predicted octanol–water partition coefficient (Wildman–Crippen LogP) is 2.42. The van der Waals surface area contributed by atoms with Gasteiger partial charge in [-0.3, -0.25) is 4.90 Å². The van der Waals surface area contributed by atoms with Crippen LogP contribution in [-0.4, -0.2) is 69.7 Å². The number of hydrogen-bond donors (Lipinski definition) is 0. The summed E-state index contributed by atoms with van der Waals surface area (Å²) in [6.45, 7) is 6.86. The smallest absolute Gasteiger partial charge is 0.225 e. The van der Waals surface area contributed by atoms with Crippen molar-refractivity contribution in [1.82, 2.24) is 35.1 Å². The molecular formula is C25H28N8O2S. The van der Waals surface area contributed by atoms with Crippen LogP contribution in [0.15, 0.2) is 71.9 Å². The van der Waals surface area contributed by atoms with E-state index >= 15 is 0 Å². The molecule has 5 rings (SSSR count). The summed E-state index contributed by atoms with van der Waals surface area (Å²) in [5, 5.41) is 12.3. The number of hydrogen-bond acceptors (Lipinski definition) is 9. The molecule has 1 saturated heterocycles. The van der Waals surface area contributed by atoms with Gasteiger partial charge in [0.05, 0.1) is 10.9 Å². The van der Waals surface area contributed by atoms with Crippen molar-refractivity contribution in [3.63, 3.8) is 0 Å². The fourth-order valence-electron chi connectivity index (χ4n) is 4.39. The highest BCUT2D eigenvalue weighted by Crippen LogP contribution is 2.29. The molecule has 186 valence electrons. The van der Waals surface area contributed by atoms with E-state index in [4.69, 9.17) is 0 Å². The van der Waals surface area contributed by atoms with Crippen LogP contribution in [0.25, 0.3) is 0 Å². The molecule has 0 amide bonds. The van der Waals surface area contributed by atoms with Crippen LogP contribution in [0.3, 0.4) is 0 Å². The van der Waals surface area contributed by atoms with Crippen LogP contribution in [0.2, 0.25) is 0 Å². The largest absolute Gasteiger partial charge is 0.338 e. The van der Waals surface area contributed by atoms with Crippen molar-refractivity contribution in [2.75, 3.05) is 31.1 Å². The Labute approximate surface area is 210 Å². The van der Waals surface area contributed by atoms with Crippen LogP contribution in [0.4, 0.5) is 5.95 Å². The lowest BCUT2D eigenvalue weighted by atomic mass is 10.0. The minimum Gasteiger partial charge on any atom is -0.338 e. The maximum Gasteiger partial charge on any atom is 0.225 e. The van der Waals surface area contributed by atoms with Crippen LogP contribution in [0, 0.1) is 13.8 Å².